The molecule has 0 bridgehead atoms. The van der Waals surface area contributed by atoms with Gasteiger partial charge in [-0.25, -0.2) is 9.37 Å². The molecule has 0 aliphatic rings. The molecule has 0 saturated carbocycles. The highest BCUT2D eigenvalue weighted by molar-refractivity contribution is 7.16. The van der Waals surface area contributed by atoms with Crippen molar-refractivity contribution in [1.82, 2.24) is 4.98 Å². The number of carbonyl (C=O) groups is 1. The number of hydrogen-bond acceptors (Lipinski definition) is 4. The lowest BCUT2D eigenvalue weighted by Gasteiger charge is -2.04. The van der Waals surface area contributed by atoms with E-state index in [0.717, 1.165) is 0 Å². The standard InChI is InChI=1S/C14H11FN2O2S/c1-9-7-10(15)4-5-12(9)13(19)17-14-16-8-11(20-14)3-2-6-18/h4-5,7-8,18H,6H2,1H3,(H,16,17,19). The van der Waals surface area contributed by atoms with Gasteiger partial charge in [0.15, 0.2) is 5.13 Å². The first kappa shape index (κ1) is 14.2. The minimum absolute atomic E-state index is 0.228. The van der Waals surface area contributed by atoms with Gasteiger partial charge in [0.1, 0.15) is 12.4 Å². The van der Waals surface area contributed by atoms with E-state index in [1.807, 2.05) is 0 Å². The molecule has 1 amide bonds. The van der Waals surface area contributed by atoms with Gasteiger partial charge in [-0.1, -0.05) is 23.2 Å². The fourth-order valence-electron chi connectivity index (χ4n) is 1.56. The molecule has 2 rings (SSSR count). The molecule has 6 heteroatoms. The Morgan fingerprint density at radius 2 is 2.35 bits per heavy atom. The first-order chi connectivity index (χ1) is 9.60. The number of aliphatic hydroxyl groups is 1. The number of anilines is 1. The highest BCUT2D eigenvalue weighted by Gasteiger charge is 2.11. The van der Waals surface area contributed by atoms with E-state index in [1.165, 1.54) is 35.7 Å². The van der Waals surface area contributed by atoms with Crippen molar-refractivity contribution in [3.05, 3.63) is 46.2 Å². The van der Waals surface area contributed by atoms with Crippen molar-refractivity contribution in [3.63, 3.8) is 0 Å². The predicted molar refractivity (Wildman–Crippen MR) is 75.2 cm³/mol. The number of benzene rings is 1. The summed E-state index contributed by atoms with van der Waals surface area (Å²) in [5.74, 6) is 4.47. The van der Waals surface area contributed by atoms with Gasteiger partial charge >= 0.3 is 0 Å². The molecule has 0 unspecified atom stereocenters. The summed E-state index contributed by atoms with van der Waals surface area (Å²) in [4.78, 5) is 16.7. The van der Waals surface area contributed by atoms with Crippen LogP contribution in [-0.2, 0) is 0 Å². The van der Waals surface area contributed by atoms with Crippen LogP contribution < -0.4 is 5.32 Å². The number of rotatable bonds is 2. The smallest absolute Gasteiger partial charge is 0.257 e. The van der Waals surface area contributed by atoms with Gasteiger partial charge < -0.3 is 5.11 Å². The molecule has 20 heavy (non-hydrogen) atoms. The Hall–Kier alpha value is -2.23. The third-order valence-electron chi connectivity index (χ3n) is 2.45. The Bertz CT molecular complexity index is 701. The zero-order valence-electron chi connectivity index (χ0n) is 10.6. The first-order valence-corrected chi connectivity index (χ1v) is 6.55. The lowest BCUT2D eigenvalue weighted by molar-refractivity contribution is 0.102. The fourth-order valence-corrected chi connectivity index (χ4v) is 2.25. The van der Waals surface area contributed by atoms with Gasteiger partial charge in [-0.3, -0.25) is 10.1 Å². The molecule has 4 nitrogen and oxygen atoms in total. The minimum atomic E-state index is -0.380. The van der Waals surface area contributed by atoms with Crippen LogP contribution in [0, 0.1) is 24.6 Å². The summed E-state index contributed by atoms with van der Waals surface area (Å²) in [6.07, 6.45) is 1.51. The molecule has 0 radical (unpaired) electrons. The van der Waals surface area contributed by atoms with Gasteiger partial charge in [0.25, 0.3) is 5.91 Å². The summed E-state index contributed by atoms with van der Waals surface area (Å²) < 4.78 is 13.0. The number of carbonyl (C=O) groups excluding carboxylic acids is 1. The maximum absolute atomic E-state index is 13.0. The SMILES string of the molecule is Cc1cc(F)ccc1C(=O)Nc1ncc(C#CCO)s1. The number of aryl methyl sites for hydroxylation is 1. The number of thiazole rings is 1. The highest BCUT2D eigenvalue weighted by Crippen LogP contribution is 2.19. The summed E-state index contributed by atoms with van der Waals surface area (Å²) in [6.45, 7) is 1.44. The number of amides is 1. The number of aliphatic hydroxyl groups excluding tert-OH is 1. The van der Waals surface area contributed by atoms with Crippen LogP contribution in [0.1, 0.15) is 20.8 Å². The molecule has 0 atom stereocenters. The van der Waals surface area contributed by atoms with Crippen LogP contribution in [0.4, 0.5) is 9.52 Å². The minimum Gasteiger partial charge on any atom is -0.384 e. The van der Waals surface area contributed by atoms with E-state index in [9.17, 15) is 9.18 Å². The fraction of sp³-hybridized carbons (Fsp3) is 0.143. The predicted octanol–water partition coefficient (Wildman–Crippen LogP) is 2.19. The maximum atomic E-state index is 13.0. The molecule has 1 heterocycles. The summed E-state index contributed by atoms with van der Waals surface area (Å²) in [5, 5.41) is 11.6. The van der Waals surface area contributed by atoms with Crippen molar-refractivity contribution in [1.29, 1.82) is 0 Å². The Kier molecular flexibility index (Phi) is 4.45. The van der Waals surface area contributed by atoms with E-state index < -0.39 is 0 Å². The van der Waals surface area contributed by atoms with Crippen LogP contribution in [0.5, 0.6) is 0 Å². The monoisotopic (exact) mass is 290 g/mol. The molecule has 0 saturated heterocycles. The van der Waals surface area contributed by atoms with Gasteiger partial charge in [-0.15, -0.1) is 0 Å². The largest absolute Gasteiger partial charge is 0.384 e. The van der Waals surface area contributed by atoms with Crippen molar-refractivity contribution in [2.24, 2.45) is 0 Å². The molecule has 0 aliphatic heterocycles. The summed E-state index contributed by atoms with van der Waals surface area (Å²) in [6, 6.07) is 3.97. The van der Waals surface area contributed by atoms with Gasteiger partial charge in [0, 0.05) is 5.56 Å². The molecule has 2 aromatic rings. The Morgan fingerprint density at radius 3 is 3.05 bits per heavy atom. The topological polar surface area (TPSA) is 62.2 Å². The quantitative estimate of drug-likeness (QED) is 0.833. The van der Waals surface area contributed by atoms with Gasteiger partial charge in [0.2, 0.25) is 0 Å². The van der Waals surface area contributed by atoms with Gasteiger partial charge in [0.05, 0.1) is 11.1 Å². The molecular formula is C14H11FN2O2S. The first-order valence-electron chi connectivity index (χ1n) is 5.73. The van der Waals surface area contributed by atoms with Crippen LogP contribution in [-0.4, -0.2) is 22.6 Å². The third-order valence-corrected chi connectivity index (χ3v) is 3.28. The summed E-state index contributed by atoms with van der Waals surface area (Å²) in [5.41, 5.74) is 0.948. The molecule has 102 valence electrons. The molecule has 2 N–H and O–H groups in total. The highest BCUT2D eigenvalue weighted by atomic mass is 32.1. The average Bonchev–Trinajstić information content (AvgIpc) is 2.83. The number of aromatic nitrogens is 1. The van der Waals surface area contributed by atoms with Crippen molar-refractivity contribution < 1.29 is 14.3 Å². The maximum Gasteiger partial charge on any atom is 0.257 e. The van der Waals surface area contributed by atoms with E-state index in [1.54, 1.807) is 6.92 Å². The van der Waals surface area contributed by atoms with Crippen LogP contribution in [0.25, 0.3) is 0 Å². The second-order valence-corrected chi connectivity index (χ2v) is 4.93. The van der Waals surface area contributed by atoms with Crippen LogP contribution >= 0.6 is 11.3 Å². The molecule has 0 spiro atoms. The second kappa shape index (κ2) is 6.28. The van der Waals surface area contributed by atoms with E-state index in [0.29, 0.717) is 21.1 Å². The lowest BCUT2D eigenvalue weighted by atomic mass is 10.1. The van der Waals surface area contributed by atoms with E-state index in [-0.39, 0.29) is 18.3 Å². The molecule has 0 aliphatic carbocycles. The molecule has 1 aromatic heterocycles. The van der Waals surface area contributed by atoms with Crippen LogP contribution in [0.15, 0.2) is 24.4 Å². The van der Waals surface area contributed by atoms with E-state index >= 15 is 0 Å². The van der Waals surface area contributed by atoms with Crippen molar-refractivity contribution in [3.8, 4) is 11.8 Å². The number of nitrogens with zero attached hydrogens (tertiary/aromatic N) is 1. The van der Waals surface area contributed by atoms with Crippen molar-refractivity contribution >= 4 is 22.4 Å². The summed E-state index contributed by atoms with van der Waals surface area (Å²) >= 11 is 1.20. The number of nitrogens with one attached hydrogen (secondary N) is 1. The van der Waals surface area contributed by atoms with Gasteiger partial charge in [-0.05, 0) is 30.7 Å². The Balaban J connectivity index is 2.13. The number of hydrogen-bond donors (Lipinski definition) is 2. The van der Waals surface area contributed by atoms with Gasteiger partial charge in [-0.2, -0.15) is 0 Å². The zero-order chi connectivity index (χ0) is 14.5. The van der Waals surface area contributed by atoms with E-state index in [2.05, 4.69) is 22.1 Å². The summed E-state index contributed by atoms with van der Waals surface area (Å²) in [7, 11) is 0. The van der Waals surface area contributed by atoms with E-state index in [4.69, 9.17) is 5.11 Å². The van der Waals surface area contributed by atoms with Crippen LogP contribution in [0.2, 0.25) is 0 Å². The Labute approximate surface area is 119 Å². The lowest BCUT2D eigenvalue weighted by Crippen LogP contribution is -2.13. The van der Waals surface area contributed by atoms with Crippen molar-refractivity contribution in [2.75, 3.05) is 11.9 Å². The molecular weight excluding hydrogens is 279 g/mol. The second-order valence-electron chi connectivity index (χ2n) is 3.90. The average molecular weight is 290 g/mol. The molecule has 1 aromatic carbocycles. The number of halogens is 1. The van der Waals surface area contributed by atoms with Crippen molar-refractivity contribution in [2.45, 2.75) is 6.92 Å². The zero-order valence-corrected chi connectivity index (χ0v) is 11.4. The molecule has 0 fully saturated rings. The third kappa shape index (κ3) is 3.41. The Morgan fingerprint density at radius 1 is 1.55 bits per heavy atom. The van der Waals surface area contributed by atoms with Crippen LogP contribution in [0.3, 0.4) is 0 Å². The normalized spacial score (nSPS) is 9.75.